The summed E-state index contributed by atoms with van der Waals surface area (Å²) in [4.78, 5) is 4.75. The molecule has 0 amide bonds. The summed E-state index contributed by atoms with van der Waals surface area (Å²) >= 11 is 0. The van der Waals surface area contributed by atoms with Crippen LogP contribution in [0.25, 0.3) is 10.9 Å². The number of nitrogens with zero attached hydrogens (tertiary/aromatic N) is 1. The number of benzene rings is 1. The van der Waals surface area contributed by atoms with Crippen LogP contribution >= 0.6 is 0 Å². The molecule has 0 radical (unpaired) electrons. The number of likely N-dealkylation sites (N-methyl/N-ethyl adjacent to an activating group) is 1. The average molecular weight is 279 g/mol. The van der Waals surface area contributed by atoms with E-state index < -0.39 is 6.98 Å². The van der Waals surface area contributed by atoms with Gasteiger partial charge in [-0.3, -0.25) is 0 Å². The van der Waals surface area contributed by atoms with E-state index >= 15 is 0 Å². The molecule has 3 rings (SSSR count). The lowest BCUT2D eigenvalue weighted by Gasteiger charge is -2.19. The fraction of sp³-hybridized carbons (Fsp3) is 0.500. The second-order valence-electron chi connectivity index (χ2n) is 5.43. The van der Waals surface area contributed by atoms with Gasteiger partial charge in [0.2, 0.25) is 0 Å². The van der Waals surface area contributed by atoms with Crippen molar-refractivity contribution in [1.82, 2.24) is 9.88 Å². The predicted molar refractivity (Wildman–Crippen MR) is 78.9 cm³/mol. The van der Waals surface area contributed by atoms with Crippen molar-refractivity contribution in [2.45, 2.75) is 32.2 Å². The maximum absolute atomic E-state index is 14.7. The molecule has 1 aliphatic heterocycles. The van der Waals surface area contributed by atoms with E-state index in [2.05, 4.69) is 4.98 Å². The summed E-state index contributed by atoms with van der Waals surface area (Å²) < 4.78 is 42.8. The normalized spacial score (nSPS) is 22.8. The maximum Gasteiger partial charge on any atom is 0.174 e. The highest BCUT2D eigenvalue weighted by Crippen LogP contribution is 2.33. The number of nitrogens with one attached hydrogen (secondary N) is 1. The molecular weight excluding hydrogens is 255 g/mol. The third kappa shape index (κ3) is 2.08. The molecule has 4 heteroatoms. The molecule has 0 aliphatic carbocycles. The molecule has 1 atom stereocenters. The highest BCUT2D eigenvalue weighted by Gasteiger charge is 2.24. The first kappa shape index (κ1) is 10.2. The van der Waals surface area contributed by atoms with Crippen molar-refractivity contribution in [1.29, 1.82) is 0 Å². The van der Waals surface area contributed by atoms with E-state index in [0.717, 1.165) is 24.1 Å². The number of hydrogen-bond acceptors (Lipinski definition) is 2. The van der Waals surface area contributed by atoms with E-state index in [1.807, 2.05) is 6.92 Å². The minimum atomic E-state index is -2.10. The average Bonchev–Trinajstić information content (AvgIpc) is 3.05. The van der Waals surface area contributed by atoms with Crippen molar-refractivity contribution in [2.24, 2.45) is 0 Å². The van der Waals surface area contributed by atoms with Crippen LogP contribution in [-0.4, -0.2) is 36.6 Å². The van der Waals surface area contributed by atoms with Crippen LogP contribution in [0, 0.1) is 12.7 Å². The zero-order valence-corrected chi connectivity index (χ0v) is 11.8. The van der Waals surface area contributed by atoms with Gasteiger partial charge in [-0.05, 0) is 57.4 Å². The van der Waals surface area contributed by atoms with Crippen LogP contribution in [-0.2, 0) is 6.42 Å². The van der Waals surface area contributed by atoms with Gasteiger partial charge in [0.1, 0.15) is 0 Å². The number of H-pyrrole nitrogens is 1. The summed E-state index contributed by atoms with van der Waals surface area (Å²) in [5.74, 6) is -0.181. The van der Waals surface area contributed by atoms with Crippen LogP contribution in [0.15, 0.2) is 12.1 Å². The van der Waals surface area contributed by atoms with Crippen molar-refractivity contribution in [3.8, 4) is 5.75 Å². The molecule has 1 N–H and O–H groups in total. The number of rotatable bonds is 3. The van der Waals surface area contributed by atoms with Crippen LogP contribution in [0.5, 0.6) is 5.75 Å². The van der Waals surface area contributed by atoms with Gasteiger partial charge in [-0.25, -0.2) is 4.39 Å². The summed E-state index contributed by atoms with van der Waals surface area (Å²) in [6.07, 6.45) is 2.20. The molecular formula is C16H21FN2O. The molecule has 1 aromatic carbocycles. The first-order chi connectivity index (χ1) is 10.8. The lowest BCUT2D eigenvalue weighted by Crippen LogP contribution is -2.27. The van der Waals surface area contributed by atoms with Gasteiger partial charge < -0.3 is 14.6 Å². The van der Waals surface area contributed by atoms with Gasteiger partial charge >= 0.3 is 0 Å². The van der Waals surface area contributed by atoms with Crippen LogP contribution < -0.4 is 4.74 Å². The number of aromatic amines is 1. The Kier molecular flexibility index (Phi) is 2.60. The highest BCUT2D eigenvalue weighted by molar-refractivity contribution is 5.86. The SMILES string of the molecule is [2H]C([2H])([2H])N1CCC[C@@H]1Cc1c(C)[nH]c2ccc(OC)c(F)c12. The van der Waals surface area contributed by atoms with E-state index in [9.17, 15) is 4.39 Å². The van der Waals surface area contributed by atoms with Gasteiger partial charge in [-0.2, -0.15) is 0 Å². The van der Waals surface area contributed by atoms with Gasteiger partial charge in [0.05, 0.1) is 7.11 Å². The van der Waals surface area contributed by atoms with Crippen LogP contribution in [0.4, 0.5) is 4.39 Å². The molecule has 2 heterocycles. The van der Waals surface area contributed by atoms with Gasteiger partial charge in [0, 0.05) is 26.8 Å². The summed E-state index contributed by atoms with van der Waals surface area (Å²) in [5, 5.41) is 0.513. The monoisotopic (exact) mass is 279 g/mol. The van der Waals surface area contributed by atoms with E-state index in [0.29, 0.717) is 23.9 Å². The van der Waals surface area contributed by atoms with Gasteiger partial charge in [-0.15, -0.1) is 0 Å². The highest BCUT2D eigenvalue weighted by atomic mass is 19.1. The fourth-order valence-corrected chi connectivity index (χ4v) is 3.12. The molecule has 0 saturated carbocycles. The van der Waals surface area contributed by atoms with Crippen LogP contribution in [0.1, 0.15) is 28.2 Å². The lowest BCUT2D eigenvalue weighted by atomic mass is 10.0. The first-order valence-electron chi connectivity index (χ1n) is 8.43. The number of ether oxygens (including phenoxy) is 1. The van der Waals surface area contributed by atoms with Crippen molar-refractivity contribution < 1.29 is 13.2 Å². The smallest absolute Gasteiger partial charge is 0.174 e. The zero-order valence-electron chi connectivity index (χ0n) is 14.8. The predicted octanol–water partition coefficient (Wildman–Crippen LogP) is 3.26. The number of methoxy groups -OCH3 is 1. The maximum atomic E-state index is 14.7. The molecule has 2 aromatic rings. The molecule has 0 unspecified atom stereocenters. The Labute approximate surface area is 122 Å². The lowest BCUT2D eigenvalue weighted by molar-refractivity contribution is 0.309. The quantitative estimate of drug-likeness (QED) is 0.934. The fourth-order valence-electron chi connectivity index (χ4n) is 3.12. The third-order valence-electron chi connectivity index (χ3n) is 4.22. The van der Waals surface area contributed by atoms with Gasteiger partial charge in [-0.1, -0.05) is 0 Å². The molecule has 0 spiro atoms. The minimum absolute atomic E-state index is 0.0919. The molecule has 3 nitrogen and oxygen atoms in total. The van der Waals surface area contributed by atoms with Crippen molar-refractivity contribution in [3.63, 3.8) is 0 Å². The summed E-state index contributed by atoms with van der Waals surface area (Å²) in [6.45, 7) is 0.363. The molecule has 1 aliphatic rings. The molecule has 1 aromatic heterocycles. The van der Waals surface area contributed by atoms with Gasteiger partial charge in [0.15, 0.2) is 11.6 Å². The van der Waals surface area contributed by atoms with E-state index in [1.165, 1.54) is 7.11 Å². The second kappa shape index (κ2) is 5.09. The number of aromatic nitrogens is 1. The number of aryl methyl sites for hydroxylation is 1. The van der Waals surface area contributed by atoms with E-state index in [4.69, 9.17) is 8.85 Å². The Morgan fingerprint density at radius 3 is 3.15 bits per heavy atom. The number of halogens is 1. The largest absolute Gasteiger partial charge is 0.494 e. The Morgan fingerprint density at radius 2 is 2.40 bits per heavy atom. The van der Waals surface area contributed by atoms with Crippen LogP contribution in [0.3, 0.4) is 0 Å². The van der Waals surface area contributed by atoms with E-state index in [1.54, 1.807) is 17.0 Å². The standard InChI is InChI=1S/C16H21FN2O/c1-10-12(9-11-5-4-8-19(11)2)15-13(18-10)6-7-14(20-3)16(15)17/h6-7,11,18H,4-5,8-9H2,1-3H3/t11-/m1/s1/i2D3. The van der Waals surface area contributed by atoms with Crippen molar-refractivity contribution in [2.75, 3.05) is 20.6 Å². The van der Waals surface area contributed by atoms with Crippen molar-refractivity contribution >= 4 is 10.9 Å². The zero-order chi connectivity index (χ0) is 16.8. The summed E-state index contributed by atoms with van der Waals surface area (Å²) in [7, 11) is 1.44. The molecule has 1 fully saturated rings. The molecule has 108 valence electrons. The molecule has 20 heavy (non-hydrogen) atoms. The first-order valence-corrected chi connectivity index (χ1v) is 6.93. The number of likely N-dealkylation sites (tertiary alicyclic amines) is 1. The Hall–Kier alpha value is -1.55. The molecule has 1 saturated heterocycles. The Balaban J connectivity index is 2.01. The second-order valence-corrected chi connectivity index (χ2v) is 5.43. The van der Waals surface area contributed by atoms with Crippen LogP contribution in [0.2, 0.25) is 0 Å². The number of hydrogen-bond donors (Lipinski definition) is 1. The third-order valence-corrected chi connectivity index (χ3v) is 4.22. The molecule has 0 bridgehead atoms. The Bertz CT molecular complexity index is 726. The van der Waals surface area contributed by atoms with Gasteiger partial charge in [0.25, 0.3) is 0 Å². The van der Waals surface area contributed by atoms with E-state index in [-0.39, 0.29) is 17.6 Å². The summed E-state index contributed by atoms with van der Waals surface area (Å²) in [5.41, 5.74) is 2.44. The van der Waals surface area contributed by atoms with Crippen molar-refractivity contribution in [3.05, 3.63) is 29.2 Å². The Morgan fingerprint density at radius 1 is 1.55 bits per heavy atom. The summed E-state index contributed by atoms with van der Waals surface area (Å²) in [6, 6.07) is 3.30. The topological polar surface area (TPSA) is 28.3 Å². The number of fused-ring (bicyclic) bond motifs is 1. The minimum Gasteiger partial charge on any atom is -0.494 e.